The van der Waals surface area contributed by atoms with Gasteiger partial charge in [0, 0.05) is 18.8 Å². The minimum Gasteiger partial charge on any atom is -0.293 e. The van der Waals surface area contributed by atoms with Crippen LogP contribution in [-0.2, 0) is 14.8 Å². The van der Waals surface area contributed by atoms with Crippen LogP contribution in [0.4, 0.5) is 0 Å². The molecule has 1 heterocycles. The van der Waals surface area contributed by atoms with E-state index in [1.54, 1.807) is 24.3 Å². The van der Waals surface area contributed by atoms with Gasteiger partial charge in [0.15, 0.2) is 5.78 Å². The summed E-state index contributed by atoms with van der Waals surface area (Å²) >= 11 is 3.09. The first-order valence-electron chi connectivity index (χ1n) is 5.58. The molecule has 2 rings (SSSR count). The summed E-state index contributed by atoms with van der Waals surface area (Å²) in [6.45, 7) is 1.89. The van der Waals surface area contributed by atoms with Crippen LogP contribution in [0.25, 0.3) is 0 Å². The minimum atomic E-state index is -3.67. The van der Waals surface area contributed by atoms with Gasteiger partial charge in [-0.15, -0.1) is 0 Å². The lowest BCUT2D eigenvalue weighted by Gasteiger charge is -2.15. The number of carbonyl (C=O) groups excluding carboxylic acids is 1. The van der Waals surface area contributed by atoms with E-state index in [2.05, 4.69) is 15.9 Å². The Morgan fingerprint density at radius 3 is 2.47 bits per heavy atom. The van der Waals surface area contributed by atoms with Gasteiger partial charge in [0.25, 0.3) is 10.0 Å². The molecule has 100 valence electrons. The molecule has 6 heteroatoms. The summed E-state index contributed by atoms with van der Waals surface area (Å²) in [6, 6.07) is 6.57. The number of carbonyl (C=O) groups is 1. The summed E-state index contributed by atoms with van der Waals surface area (Å²) in [7, 11) is -3.67. The SMILES string of the molecule is Cc1ccc(S(=O)(=O)N2C=CCC(=O)C(Br)=C2)cc1. The zero-order chi connectivity index (χ0) is 14.0. The topological polar surface area (TPSA) is 54.5 Å². The molecule has 0 radical (unpaired) electrons. The predicted octanol–water partition coefficient (Wildman–Crippen LogP) is 2.71. The lowest BCUT2D eigenvalue weighted by Crippen LogP contribution is -2.20. The number of halogens is 1. The average Bonchev–Trinajstić information content (AvgIpc) is 2.53. The summed E-state index contributed by atoms with van der Waals surface area (Å²) < 4.78 is 26.1. The Hall–Kier alpha value is -1.40. The van der Waals surface area contributed by atoms with Gasteiger partial charge >= 0.3 is 0 Å². The van der Waals surface area contributed by atoms with Crippen molar-refractivity contribution in [2.75, 3.05) is 0 Å². The molecule has 0 fully saturated rings. The van der Waals surface area contributed by atoms with Crippen molar-refractivity contribution in [3.8, 4) is 0 Å². The smallest absolute Gasteiger partial charge is 0.267 e. The second-order valence-electron chi connectivity index (χ2n) is 4.14. The first kappa shape index (κ1) is 14.0. The van der Waals surface area contributed by atoms with Crippen LogP contribution in [0.15, 0.2) is 52.1 Å². The van der Waals surface area contributed by atoms with E-state index in [0.29, 0.717) is 0 Å². The molecule has 0 saturated carbocycles. The maximum Gasteiger partial charge on any atom is 0.267 e. The number of benzene rings is 1. The largest absolute Gasteiger partial charge is 0.293 e. The Kier molecular flexibility index (Phi) is 3.91. The van der Waals surface area contributed by atoms with Gasteiger partial charge < -0.3 is 0 Å². The van der Waals surface area contributed by atoms with Crippen LogP contribution in [0.2, 0.25) is 0 Å². The molecule has 1 aromatic carbocycles. The molecule has 0 aliphatic carbocycles. The van der Waals surface area contributed by atoms with Crippen molar-refractivity contribution >= 4 is 31.7 Å². The van der Waals surface area contributed by atoms with Crippen LogP contribution < -0.4 is 0 Å². The number of ketones is 1. The first-order chi connectivity index (χ1) is 8.91. The van der Waals surface area contributed by atoms with Crippen molar-refractivity contribution in [3.05, 3.63) is 52.8 Å². The summed E-state index contributed by atoms with van der Waals surface area (Å²) in [5.74, 6) is -0.155. The molecule has 0 amide bonds. The Balaban J connectivity index is 2.44. The molecular weight excluding hydrogens is 330 g/mol. The van der Waals surface area contributed by atoms with Crippen molar-refractivity contribution < 1.29 is 13.2 Å². The van der Waals surface area contributed by atoms with Crippen LogP contribution in [0.1, 0.15) is 12.0 Å². The fourth-order valence-corrected chi connectivity index (χ4v) is 3.30. The zero-order valence-corrected chi connectivity index (χ0v) is 12.6. The van der Waals surface area contributed by atoms with Crippen LogP contribution in [0.5, 0.6) is 0 Å². The Morgan fingerprint density at radius 1 is 1.21 bits per heavy atom. The van der Waals surface area contributed by atoms with Crippen LogP contribution in [-0.4, -0.2) is 18.5 Å². The fourth-order valence-electron chi connectivity index (χ4n) is 1.57. The van der Waals surface area contributed by atoms with Crippen LogP contribution in [0, 0.1) is 6.92 Å². The molecule has 0 atom stereocenters. The molecular formula is C13H12BrNO3S. The van der Waals surface area contributed by atoms with E-state index in [4.69, 9.17) is 0 Å². The van der Waals surface area contributed by atoms with Gasteiger partial charge in [-0.25, -0.2) is 12.7 Å². The Bertz CT molecular complexity index is 660. The third kappa shape index (κ3) is 2.96. The predicted molar refractivity (Wildman–Crippen MR) is 76.0 cm³/mol. The standard InChI is InChI=1S/C13H12BrNO3S/c1-10-4-6-11(7-5-10)19(17,18)15-8-2-3-13(16)12(14)9-15/h2,4-9H,3H2,1H3. The maximum atomic E-state index is 12.4. The van der Waals surface area contributed by atoms with Crippen molar-refractivity contribution in [1.82, 2.24) is 4.31 Å². The van der Waals surface area contributed by atoms with Gasteiger partial charge in [0.05, 0.1) is 9.38 Å². The number of hydrogen-bond donors (Lipinski definition) is 0. The van der Waals surface area contributed by atoms with Crippen molar-refractivity contribution in [3.63, 3.8) is 0 Å². The molecule has 0 unspecified atom stereocenters. The molecule has 1 aromatic rings. The molecule has 1 aliphatic heterocycles. The van der Waals surface area contributed by atoms with E-state index in [1.165, 1.54) is 18.5 Å². The third-order valence-corrected chi connectivity index (χ3v) is 4.96. The van der Waals surface area contributed by atoms with E-state index < -0.39 is 10.0 Å². The number of rotatable bonds is 2. The average molecular weight is 342 g/mol. The normalized spacial score (nSPS) is 16.2. The molecule has 19 heavy (non-hydrogen) atoms. The van der Waals surface area contributed by atoms with Crippen molar-refractivity contribution in [2.45, 2.75) is 18.2 Å². The number of sulfonamides is 1. The van der Waals surface area contributed by atoms with Crippen molar-refractivity contribution in [1.29, 1.82) is 0 Å². The zero-order valence-electron chi connectivity index (χ0n) is 10.2. The van der Waals surface area contributed by atoms with E-state index in [-0.39, 0.29) is 21.6 Å². The van der Waals surface area contributed by atoms with E-state index in [1.807, 2.05) is 6.92 Å². The van der Waals surface area contributed by atoms with Gasteiger partial charge in [-0.2, -0.15) is 0 Å². The van der Waals surface area contributed by atoms with Crippen LogP contribution >= 0.6 is 15.9 Å². The van der Waals surface area contributed by atoms with E-state index in [0.717, 1.165) is 9.87 Å². The molecule has 0 spiro atoms. The molecule has 4 nitrogen and oxygen atoms in total. The maximum absolute atomic E-state index is 12.4. The van der Waals surface area contributed by atoms with Gasteiger partial charge in [0.2, 0.25) is 0 Å². The minimum absolute atomic E-state index is 0.155. The highest BCUT2D eigenvalue weighted by molar-refractivity contribution is 9.12. The van der Waals surface area contributed by atoms with Gasteiger partial charge in [-0.05, 0) is 35.0 Å². The highest BCUT2D eigenvalue weighted by Gasteiger charge is 2.22. The Labute approximate surface area is 120 Å². The molecule has 0 saturated heterocycles. The summed E-state index contributed by atoms with van der Waals surface area (Å²) in [6.07, 6.45) is 4.37. The summed E-state index contributed by atoms with van der Waals surface area (Å²) in [5, 5.41) is 0. The van der Waals surface area contributed by atoms with Gasteiger partial charge in [0.1, 0.15) is 0 Å². The molecule has 0 bridgehead atoms. The molecule has 1 aliphatic rings. The van der Waals surface area contributed by atoms with Gasteiger partial charge in [-0.1, -0.05) is 23.8 Å². The number of nitrogens with zero attached hydrogens (tertiary/aromatic N) is 1. The number of aryl methyl sites for hydroxylation is 1. The number of hydrogen-bond acceptors (Lipinski definition) is 3. The Morgan fingerprint density at radius 2 is 1.84 bits per heavy atom. The van der Waals surface area contributed by atoms with Crippen molar-refractivity contribution in [2.24, 2.45) is 0 Å². The second-order valence-corrected chi connectivity index (χ2v) is 6.83. The highest BCUT2D eigenvalue weighted by Crippen LogP contribution is 2.22. The fraction of sp³-hybridized carbons (Fsp3) is 0.154. The lowest BCUT2D eigenvalue weighted by molar-refractivity contribution is -0.114. The van der Waals surface area contributed by atoms with Gasteiger partial charge in [-0.3, -0.25) is 4.79 Å². The molecule has 0 aromatic heterocycles. The highest BCUT2D eigenvalue weighted by atomic mass is 79.9. The van der Waals surface area contributed by atoms with E-state index in [9.17, 15) is 13.2 Å². The number of allylic oxidation sites excluding steroid dienone is 2. The molecule has 0 N–H and O–H groups in total. The van der Waals surface area contributed by atoms with Crippen LogP contribution in [0.3, 0.4) is 0 Å². The third-order valence-electron chi connectivity index (χ3n) is 2.66. The summed E-state index contributed by atoms with van der Waals surface area (Å²) in [4.78, 5) is 11.7. The van der Waals surface area contributed by atoms with E-state index >= 15 is 0 Å². The number of Topliss-reactive ketones (excluding diaryl/α,β-unsaturated/α-hetero) is 1. The lowest BCUT2D eigenvalue weighted by atomic mass is 10.2. The quantitative estimate of drug-likeness (QED) is 0.830. The first-order valence-corrected chi connectivity index (χ1v) is 7.82. The second kappa shape index (κ2) is 5.30. The monoisotopic (exact) mass is 341 g/mol. The summed E-state index contributed by atoms with van der Waals surface area (Å²) in [5.41, 5.74) is 0.984.